The highest BCUT2D eigenvalue weighted by Gasteiger charge is 2.36. The first-order chi connectivity index (χ1) is 18.9. The zero-order valence-electron chi connectivity index (χ0n) is 23.0. The van der Waals surface area contributed by atoms with Gasteiger partial charge in [0.2, 0.25) is 0 Å². The molecular weight excluding hydrogens is 481 g/mol. The molecule has 39 heavy (non-hydrogen) atoms. The third-order valence-corrected chi connectivity index (χ3v) is 7.98. The number of aryl methyl sites for hydroxylation is 1. The summed E-state index contributed by atoms with van der Waals surface area (Å²) in [5.74, 6) is -0.0552. The maximum absolute atomic E-state index is 13.9. The van der Waals surface area contributed by atoms with Crippen LogP contribution in [0.5, 0.6) is 0 Å². The molecule has 1 aliphatic carbocycles. The number of halogens is 1. The quantitative estimate of drug-likeness (QED) is 0.223. The molecule has 1 aliphatic heterocycles. The highest BCUT2D eigenvalue weighted by molar-refractivity contribution is 6.05. The number of hydrogen-bond donors (Lipinski definition) is 0. The maximum Gasteiger partial charge on any atom is 0.135 e. The van der Waals surface area contributed by atoms with Crippen LogP contribution in [0, 0.1) is 12.7 Å². The van der Waals surface area contributed by atoms with Crippen LogP contribution in [0.3, 0.4) is 0 Å². The fraction of sp³-hybridized carbons (Fsp3) is 0.194. The monoisotopic (exact) mass is 513 g/mol. The summed E-state index contributed by atoms with van der Waals surface area (Å²) >= 11 is 0. The fourth-order valence-corrected chi connectivity index (χ4v) is 6.07. The lowest BCUT2D eigenvalue weighted by Crippen LogP contribution is -2.21. The van der Waals surface area contributed by atoms with Crippen molar-refractivity contribution in [1.82, 2.24) is 0 Å². The van der Waals surface area contributed by atoms with Crippen molar-refractivity contribution in [3.63, 3.8) is 0 Å². The molecule has 0 saturated heterocycles. The molecule has 0 bridgehead atoms. The van der Waals surface area contributed by atoms with Crippen LogP contribution in [-0.2, 0) is 5.41 Å². The molecule has 0 fully saturated rings. The van der Waals surface area contributed by atoms with Crippen molar-refractivity contribution in [1.29, 1.82) is 0 Å². The molecule has 7 rings (SSSR count). The van der Waals surface area contributed by atoms with Crippen molar-refractivity contribution in [2.45, 2.75) is 46.0 Å². The van der Waals surface area contributed by atoms with Crippen molar-refractivity contribution >= 4 is 33.3 Å². The van der Waals surface area contributed by atoms with Crippen LogP contribution in [0.1, 0.15) is 55.9 Å². The van der Waals surface area contributed by atoms with Gasteiger partial charge < -0.3 is 9.32 Å². The van der Waals surface area contributed by atoms with Crippen LogP contribution in [0.4, 0.5) is 15.8 Å². The summed E-state index contributed by atoms with van der Waals surface area (Å²) in [5.41, 5.74) is 13.1. The second-order valence-corrected chi connectivity index (χ2v) is 10.5. The largest absolute Gasteiger partial charge is 0.456 e. The van der Waals surface area contributed by atoms with Gasteiger partial charge in [-0.2, -0.15) is 0 Å². The smallest absolute Gasteiger partial charge is 0.135 e. The number of fused-ring (bicyclic) bond motifs is 6. The second kappa shape index (κ2) is 9.45. The van der Waals surface area contributed by atoms with Gasteiger partial charge in [0.1, 0.15) is 17.0 Å². The van der Waals surface area contributed by atoms with Gasteiger partial charge >= 0.3 is 0 Å². The topological polar surface area (TPSA) is 16.4 Å². The average Bonchev–Trinajstić information content (AvgIpc) is 3.48. The molecule has 0 saturated carbocycles. The lowest BCUT2D eigenvalue weighted by molar-refractivity contribution is 0.623. The van der Waals surface area contributed by atoms with Crippen LogP contribution >= 0.6 is 0 Å². The summed E-state index contributed by atoms with van der Waals surface area (Å²) in [4.78, 5) is 2.38. The molecule has 194 valence electrons. The summed E-state index contributed by atoms with van der Waals surface area (Å²) in [5, 5.41) is 1.74. The third kappa shape index (κ3) is 3.93. The van der Waals surface area contributed by atoms with E-state index in [4.69, 9.17) is 4.42 Å². The van der Waals surface area contributed by atoms with E-state index >= 15 is 0 Å². The Kier molecular flexibility index (Phi) is 6.05. The van der Waals surface area contributed by atoms with Gasteiger partial charge in [0.15, 0.2) is 0 Å². The van der Waals surface area contributed by atoms with E-state index in [1.165, 1.54) is 34.1 Å². The highest BCUT2D eigenvalue weighted by atomic mass is 19.1. The van der Waals surface area contributed by atoms with Gasteiger partial charge in [-0.1, -0.05) is 64.1 Å². The zero-order valence-corrected chi connectivity index (χ0v) is 23.0. The number of para-hydroxylation sites is 1. The van der Waals surface area contributed by atoms with Crippen LogP contribution in [0.2, 0.25) is 0 Å². The predicted octanol–water partition coefficient (Wildman–Crippen LogP) is 10.2. The maximum atomic E-state index is 13.9. The Morgan fingerprint density at radius 2 is 1.67 bits per heavy atom. The number of allylic oxidation sites excluding steroid dienone is 2. The molecule has 1 atom stereocenters. The van der Waals surface area contributed by atoms with Crippen molar-refractivity contribution in [3.8, 4) is 0 Å². The Morgan fingerprint density at radius 1 is 0.872 bits per heavy atom. The number of nitrogens with zero attached hydrogens (tertiary/aromatic N) is 1. The minimum absolute atomic E-state index is 0.198. The minimum atomic E-state index is -0.282. The van der Waals surface area contributed by atoms with E-state index in [0.717, 1.165) is 27.6 Å². The first-order valence-electron chi connectivity index (χ1n) is 13.7. The molecular formula is C36H32FNO. The Labute approximate surface area is 229 Å². The van der Waals surface area contributed by atoms with Crippen LogP contribution < -0.4 is 4.90 Å². The van der Waals surface area contributed by atoms with Crippen molar-refractivity contribution in [2.75, 3.05) is 4.90 Å². The van der Waals surface area contributed by atoms with E-state index in [-0.39, 0.29) is 17.2 Å². The van der Waals surface area contributed by atoms with E-state index in [2.05, 4.69) is 104 Å². The molecule has 2 nitrogen and oxygen atoms in total. The Balaban J connectivity index is 0.00000135. The van der Waals surface area contributed by atoms with Crippen LogP contribution in [0.15, 0.2) is 113 Å². The van der Waals surface area contributed by atoms with E-state index in [1.807, 2.05) is 19.9 Å². The Bertz CT molecular complexity index is 1820. The van der Waals surface area contributed by atoms with Crippen molar-refractivity contribution in [3.05, 3.63) is 137 Å². The van der Waals surface area contributed by atoms with E-state index in [1.54, 1.807) is 12.1 Å². The molecule has 3 heteroatoms. The van der Waals surface area contributed by atoms with Crippen molar-refractivity contribution < 1.29 is 8.81 Å². The normalized spacial score (nSPS) is 15.7. The molecule has 1 unspecified atom stereocenters. The van der Waals surface area contributed by atoms with Gasteiger partial charge in [-0.25, -0.2) is 4.39 Å². The third-order valence-electron chi connectivity index (χ3n) is 7.98. The lowest BCUT2D eigenvalue weighted by Gasteiger charge is -2.30. The van der Waals surface area contributed by atoms with Gasteiger partial charge in [-0.3, -0.25) is 0 Å². The molecule has 0 amide bonds. The minimum Gasteiger partial charge on any atom is -0.456 e. The standard InChI is InChI=1S/C34H26FNO.C2H6/c1-21-17-27-25-11-7-8-12-30(25)36(24-9-5-4-6-10-24)31(27)20-29(21)34(2,3)22-13-15-26-28-19-23(35)14-16-32(28)37-33(26)18-22;1-2/h4-6,8-20,25H,1-3H3;1-2H3. The summed E-state index contributed by atoms with van der Waals surface area (Å²) in [7, 11) is 0. The zero-order chi connectivity index (χ0) is 27.3. The molecule has 0 spiro atoms. The Morgan fingerprint density at radius 3 is 2.46 bits per heavy atom. The van der Waals surface area contributed by atoms with Crippen LogP contribution in [0.25, 0.3) is 21.9 Å². The molecule has 0 radical (unpaired) electrons. The lowest BCUT2D eigenvalue weighted by atomic mass is 9.75. The Hall–Kier alpha value is -4.33. The fourth-order valence-electron chi connectivity index (χ4n) is 6.07. The predicted molar refractivity (Wildman–Crippen MR) is 160 cm³/mol. The summed E-state index contributed by atoms with van der Waals surface area (Å²) in [6.45, 7) is 10.7. The van der Waals surface area contributed by atoms with Gasteiger partial charge in [0, 0.05) is 27.6 Å². The number of furan rings is 1. The number of anilines is 2. The van der Waals surface area contributed by atoms with Crippen molar-refractivity contribution in [2.24, 2.45) is 0 Å². The molecule has 2 aliphatic rings. The molecule has 1 aromatic heterocycles. The summed E-state index contributed by atoms with van der Waals surface area (Å²) < 4.78 is 20.0. The number of rotatable bonds is 3. The summed E-state index contributed by atoms with van der Waals surface area (Å²) in [6, 6.07) is 26.3. The first kappa shape index (κ1) is 25.0. The van der Waals surface area contributed by atoms with Gasteiger partial charge in [0.25, 0.3) is 0 Å². The van der Waals surface area contributed by atoms with E-state index in [9.17, 15) is 4.39 Å². The molecule has 5 aromatic rings. The van der Waals surface area contributed by atoms with E-state index < -0.39 is 0 Å². The molecule has 2 heterocycles. The van der Waals surface area contributed by atoms with Gasteiger partial charge in [0.05, 0.1) is 11.6 Å². The number of hydrogen-bond acceptors (Lipinski definition) is 2. The number of benzene rings is 4. The molecule has 0 N–H and O–H groups in total. The van der Waals surface area contributed by atoms with Crippen LogP contribution in [-0.4, -0.2) is 0 Å². The van der Waals surface area contributed by atoms with E-state index in [0.29, 0.717) is 5.58 Å². The van der Waals surface area contributed by atoms with Gasteiger partial charge in [-0.15, -0.1) is 5.73 Å². The summed E-state index contributed by atoms with van der Waals surface area (Å²) in [6.07, 6.45) is 6.34. The van der Waals surface area contributed by atoms with Gasteiger partial charge in [-0.05, 0) is 89.9 Å². The average molecular weight is 514 g/mol. The first-order valence-corrected chi connectivity index (χ1v) is 13.7. The molecule has 4 aromatic carbocycles. The SMILES string of the molecule is CC.Cc1cc2c(cc1C(C)(C)c1ccc3c(c1)oc1ccc(F)cc13)N(c1ccccc1)C1=CC=C=CC12. The second-order valence-electron chi connectivity index (χ2n) is 10.5. The highest BCUT2D eigenvalue weighted by Crippen LogP contribution is 2.51.